The molecule has 2 aliphatic rings. The molecule has 4 rings (SSSR count). The number of rotatable bonds is 4. The number of aromatic amines is 1. The van der Waals surface area contributed by atoms with Gasteiger partial charge in [-0.05, 0) is 45.4 Å². The molecule has 3 heterocycles. The van der Waals surface area contributed by atoms with Crippen LogP contribution in [0.1, 0.15) is 52.4 Å². The number of hydrogen-bond acceptors (Lipinski definition) is 5. The number of ether oxygens (including phenoxy) is 1. The van der Waals surface area contributed by atoms with Crippen molar-refractivity contribution in [1.82, 2.24) is 25.1 Å². The van der Waals surface area contributed by atoms with Crippen molar-refractivity contribution in [2.45, 2.75) is 51.5 Å². The largest absolute Gasteiger partial charge is 0.377 e. The molecule has 0 spiro atoms. The van der Waals surface area contributed by atoms with Crippen molar-refractivity contribution in [1.29, 1.82) is 0 Å². The first-order valence-electron chi connectivity index (χ1n) is 9.45. The number of carbonyl (C=O) groups is 1. The van der Waals surface area contributed by atoms with Crippen molar-refractivity contribution in [3.8, 4) is 0 Å². The molecular formula is C19H25N5O2. The van der Waals surface area contributed by atoms with Gasteiger partial charge in [-0.2, -0.15) is 5.10 Å². The average Bonchev–Trinajstić information content (AvgIpc) is 3.11. The van der Waals surface area contributed by atoms with Crippen molar-refractivity contribution in [3.05, 3.63) is 40.7 Å². The minimum absolute atomic E-state index is 0.0357. The fraction of sp³-hybridized carbons (Fsp3) is 0.579. The van der Waals surface area contributed by atoms with E-state index in [0.29, 0.717) is 25.5 Å². The van der Waals surface area contributed by atoms with E-state index in [0.717, 1.165) is 54.7 Å². The van der Waals surface area contributed by atoms with Gasteiger partial charge in [-0.15, -0.1) is 0 Å². The van der Waals surface area contributed by atoms with E-state index in [2.05, 4.69) is 20.2 Å². The number of H-pyrrole nitrogens is 1. The predicted octanol–water partition coefficient (Wildman–Crippen LogP) is 1.86. The van der Waals surface area contributed by atoms with Crippen LogP contribution in [0.3, 0.4) is 0 Å². The van der Waals surface area contributed by atoms with Gasteiger partial charge < -0.3 is 9.64 Å². The van der Waals surface area contributed by atoms with E-state index >= 15 is 0 Å². The second-order valence-electron chi connectivity index (χ2n) is 7.09. The lowest BCUT2D eigenvalue weighted by atomic mass is 9.95. The molecule has 26 heavy (non-hydrogen) atoms. The summed E-state index contributed by atoms with van der Waals surface area (Å²) in [6.45, 7) is 3.74. The molecule has 2 aromatic rings. The minimum Gasteiger partial charge on any atom is -0.377 e. The van der Waals surface area contributed by atoms with Crippen molar-refractivity contribution in [3.63, 3.8) is 0 Å². The predicted molar refractivity (Wildman–Crippen MR) is 96.0 cm³/mol. The second kappa shape index (κ2) is 7.53. The number of carbonyl (C=O) groups excluding carboxylic acids is 1. The highest BCUT2D eigenvalue weighted by molar-refractivity contribution is 5.94. The molecule has 1 aliphatic heterocycles. The highest BCUT2D eigenvalue weighted by atomic mass is 16.5. The third-order valence-electron chi connectivity index (χ3n) is 5.44. The highest BCUT2D eigenvalue weighted by Crippen LogP contribution is 2.25. The molecule has 1 aliphatic carbocycles. The molecule has 0 radical (unpaired) electrons. The molecule has 1 amide bonds. The van der Waals surface area contributed by atoms with Gasteiger partial charge in [0.15, 0.2) is 5.69 Å². The lowest BCUT2D eigenvalue weighted by Crippen LogP contribution is -2.49. The fourth-order valence-corrected chi connectivity index (χ4v) is 3.94. The molecule has 0 aromatic carbocycles. The summed E-state index contributed by atoms with van der Waals surface area (Å²) in [6, 6.07) is 0.0496. The Morgan fingerprint density at radius 3 is 3.04 bits per heavy atom. The zero-order valence-electron chi connectivity index (χ0n) is 15.2. The van der Waals surface area contributed by atoms with Gasteiger partial charge >= 0.3 is 0 Å². The minimum atomic E-state index is 0.0357. The van der Waals surface area contributed by atoms with Crippen LogP contribution in [0.2, 0.25) is 0 Å². The fourth-order valence-electron chi connectivity index (χ4n) is 3.94. The maximum Gasteiger partial charge on any atom is 0.275 e. The van der Waals surface area contributed by atoms with Crippen molar-refractivity contribution >= 4 is 5.91 Å². The maximum absolute atomic E-state index is 13.2. The van der Waals surface area contributed by atoms with E-state index < -0.39 is 0 Å². The monoisotopic (exact) mass is 355 g/mol. The van der Waals surface area contributed by atoms with Crippen LogP contribution in [0.5, 0.6) is 0 Å². The third-order valence-corrected chi connectivity index (χ3v) is 5.44. The molecular weight excluding hydrogens is 330 g/mol. The second-order valence-corrected chi connectivity index (χ2v) is 7.09. The molecule has 1 N–H and O–H groups in total. The number of amides is 1. The van der Waals surface area contributed by atoms with E-state index in [1.54, 1.807) is 12.4 Å². The Kier molecular flexibility index (Phi) is 4.97. The van der Waals surface area contributed by atoms with Crippen LogP contribution < -0.4 is 0 Å². The molecule has 0 unspecified atom stereocenters. The Labute approximate surface area is 153 Å². The standard InChI is InChI=1S/C19H25N5O2/c1-13-16(21-9-8-20-13)7-6-14-12-26-11-10-24(14)19(25)18-15-4-2-3-5-17(15)22-23-18/h8-9,14H,2-7,10-12H2,1H3,(H,22,23)/t14-/m1/s1. The first-order chi connectivity index (χ1) is 12.7. The number of aryl methyl sites for hydroxylation is 3. The highest BCUT2D eigenvalue weighted by Gasteiger charge is 2.32. The van der Waals surface area contributed by atoms with Gasteiger partial charge in [0.05, 0.1) is 30.6 Å². The summed E-state index contributed by atoms with van der Waals surface area (Å²) in [5.74, 6) is 0.0357. The number of aromatic nitrogens is 4. The Hall–Kier alpha value is -2.28. The van der Waals surface area contributed by atoms with Gasteiger partial charge in [0.2, 0.25) is 0 Å². The summed E-state index contributed by atoms with van der Waals surface area (Å²) in [6.07, 6.45) is 9.27. The van der Waals surface area contributed by atoms with Crippen LogP contribution in [0.4, 0.5) is 0 Å². The summed E-state index contributed by atoms with van der Waals surface area (Å²) in [5, 5.41) is 7.44. The normalized spacial score (nSPS) is 20.0. The Balaban J connectivity index is 1.49. The van der Waals surface area contributed by atoms with E-state index in [-0.39, 0.29) is 11.9 Å². The van der Waals surface area contributed by atoms with E-state index in [9.17, 15) is 4.79 Å². The first-order valence-corrected chi connectivity index (χ1v) is 9.45. The Bertz CT molecular complexity index is 788. The van der Waals surface area contributed by atoms with Gasteiger partial charge in [0.1, 0.15) is 0 Å². The number of hydrogen-bond donors (Lipinski definition) is 1. The summed E-state index contributed by atoms with van der Waals surface area (Å²) in [7, 11) is 0. The van der Waals surface area contributed by atoms with Gasteiger partial charge in [-0.3, -0.25) is 19.9 Å². The molecule has 1 saturated heterocycles. The van der Waals surface area contributed by atoms with Crippen LogP contribution >= 0.6 is 0 Å². The molecule has 138 valence electrons. The molecule has 0 saturated carbocycles. The van der Waals surface area contributed by atoms with Crippen LogP contribution in [0.15, 0.2) is 12.4 Å². The van der Waals surface area contributed by atoms with Crippen molar-refractivity contribution in [2.24, 2.45) is 0 Å². The zero-order valence-corrected chi connectivity index (χ0v) is 15.2. The summed E-state index contributed by atoms with van der Waals surface area (Å²) in [5.41, 5.74) is 4.81. The molecule has 0 bridgehead atoms. The quantitative estimate of drug-likeness (QED) is 0.905. The van der Waals surface area contributed by atoms with E-state index in [4.69, 9.17) is 4.74 Å². The lowest BCUT2D eigenvalue weighted by Gasteiger charge is -2.35. The molecule has 2 aromatic heterocycles. The zero-order chi connectivity index (χ0) is 17.9. The van der Waals surface area contributed by atoms with Crippen LogP contribution in [-0.2, 0) is 24.0 Å². The van der Waals surface area contributed by atoms with Crippen LogP contribution in [0.25, 0.3) is 0 Å². The van der Waals surface area contributed by atoms with E-state index in [1.807, 2.05) is 11.8 Å². The van der Waals surface area contributed by atoms with Crippen LogP contribution in [-0.4, -0.2) is 56.8 Å². The molecule has 7 heteroatoms. The molecule has 7 nitrogen and oxygen atoms in total. The van der Waals surface area contributed by atoms with Gasteiger partial charge in [-0.1, -0.05) is 0 Å². The van der Waals surface area contributed by atoms with Gasteiger partial charge in [0, 0.05) is 30.2 Å². The smallest absolute Gasteiger partial charge is 0.275 e. The number of morpholine rings is 1. The van der Waals surface area contributed by atoms with Crippen LogP contribution in [0, 0.1) is 6.92 Å². The number of nitrogens with zero attached hydrogens (tertiary/aromatic N) is 4. The maximum atomic E-state index is 13.2. The Morgan fingerprint density at radius 1 is 1.31 bits per heavy atom. The summed E-state index contributed by atoms with van der Waals surface area (Å²) in [4.78, 5) is 23.8. The van der Waals surface area contributed by atoms with Gasteiger partial charge in [0.25, 0.3) is 5.91 Å². The van der Waals surface area contributed by atoms with E-state index in [1.165, 1.54) is 6.42 Å². The van der Waals surface area contributed by atoms with Crippen molar-refractivity contribution in [2.75, 3.05) is 19.8 Å². The third kappa shape index (κ3) is 3.35. The summed E-state index contributed by atoms with van der Waals surface area (Å²) >= 11 is 0. The SMILES string of the molecule is Cc1nccnc1CC[C@@H]1COCCN1C(=O)c1n[nH]c2c1CCCC2. The average molecular weight is 355 g/mol. The summed E-state index contributed by atoms with van der Waals surface area (Å²) < 4.78 is 5.65. The van der Waals surface area contributed by atoms with Gasteiger partial charge in [-0.25, -0.2) is 0 Å². The Morgan fingerprint density at radius 2 is 2.15 bits per heavy atom. The number of nitrogens with one attached hydrogen (secondary N) is 1. The first kappa shape index (κ1) is 17.1. The lowest BCUT2D eigenvalue weighted by molar-refractivity contribution is -0.00451. The molecule has 1 atom stereocenters. The van der Waals surface area contributed by atoms with Crippen molar-refractivity contribution < 1.29 is 9.53 Å². The molecule has 1 fully saturated rings. The number of fused-ring (bicyclic) bond motifs is 1. The topological polar surface area (TPSA) is 84.0 Å².